The third kappa shape index (κ3) is 6.37. The normalized spacial score (nSPS) is 13.6. The van der Waals surface area contributed by atoms with Gasteiger partial charge in [0.1, 0.15) is 6.04 Å². The summed E-state index contributed by atoms with van der Waals surface area (Å²) in [6, 6.07) is 8.53. The lowest BCUT2D eigenvalue weighted by Gasteiger charge is -2.15. The molecule has 0 saturated heterocycles. The van der Waals surface area contributed by atoms with Crippen LogP contribution in [0.15, 0.2) is 30.3 Å². The van der Waals surface area contributed by atoms with Crippen molar-refractivity contribution in [2.45, 2.75) is 38.8 Å². The van der Waals surface area contributed by atoms with Crippen molar-refractivity contribution in [3.8, 4) is 0 Å². The number of amides is 1. The predicted molar refractivity (Wildman–Crippen MR) is 79.8 cm³/mol. The van der Waals surface area contributed by atoms with Gasteiger partial charge in [0.15, 0.2) is 0 Å². The van der Waals surface area contributed by atoms with Gasteiger partial charge in [-0.05, 0) is 17.9 Å². The zero-order chi connectivity index (χ0) is 15.8. The molecule has 1 rings (SSSR count). The lowest BCUT2D eigenvalue weighted by Crippen LogP contribution is -2.42. The molecule has 2 atom stereocenters. The van der Waals surface area contributed by atoms with Crippen LogP contribution in [0.3, 0.4) is 0 Å². The first-order chi connectivity index (χ1) is 9.90. The average molecular weight is 293 g/mol. The molecule has 0 aliphatic rings. The summed E-state index contributed by atoms with van der Waals surface area (Å²) >= 11 is 0. The second-order valence-electron chi connectivity index (χ2n) is 5.37. The molecular weight excluding hydrogens is 270 g/mol. The summed E-state index contributed by atoms with van der Waals surface area (Å²) in [5, 5.41) is 0. The Morgan fingerprint density at radius 2 is 1.81 bits per heavy atom. The van der Waals surface area contributed by atoms with E-state index in [0.717, 1.165) is 5.56 Å². The summed E-state index contributed by atoms with van der Waals surface area (Å²) in [5.74, 6) is -1.16. The van der Waals surface area contributed by atoms with Gasteiger partial charge in [-0.1, -0.05) is 44.2 Å². The van der Waals surface area contributed by atoms with Gasteiger partial charge < -0.3 is 16.3 Å². The van der Waals surface area contributed by atoms with E-state index in [4.69, 9.17) is 11.5 Å². The second kappa shape index (κ2) is 8.39. The molecule has 0 spiro atoms. The van der Waals surface area contributed by atoms with E-state index >= 15 is 0 Å². The molecule has 1 aromatic rings. The molecule has 116 valence electrons. The fourth-order valence-corrected chi connectivity index (χ4v) is 1.72. The number of hydroxylamine groups is 1. The van der Waals surface area contributed by atoms with Crippen molar-refractivity contribution in [1.82, 2.24) is 5.48 Å². The second-order valence-corrected chi connectivity index (χ2v) is 5.37. The van der Waals surface area contributed by atoms with Crippen molar-refractivity contribution in [3.63, 3.8) is 0 Å². The molecular formula is C15H23N3O3. The van der Waals surface area contributed by atoms with Gasteiger partial charge in [0.05, 0.1) is 0 Å². The van der Waals surface area contributed by atoms with Crippen LogP contribution in [0.2, 0.25) is 0 Å². The zero-order valence-electron chi connectivity index (χ0n) is 12.4. The van der Waals surface area contributed by atoms with E-state index in [0.29, 0.717) is 6.42 Å². The number of hydrogen-bond donors (Lipinski definition) is 3. The number of benzene rings is 1. The molecule has 0 unspecified atom stereocenters. The van der Waals surface area contributed by atoms with Crippen LogP contribution in [0.4, 0.5) is 0 Å². The Labute approximate surface area is 124 Å². The molecule has 0 fully saturated rings. The van der Waals surface area contributed by atoms with Crippen LogP contribution < -0.4 is 16.9 Å². The van der Waals surface area contributed by atoms with Gasteiger partial charge in [-0.2, -0.15) is 5.48 Å². The summed E-state index contributed by atoms with van der Waals surface area (Å²) in [7, 11) is 0. The first-order valence-electron chi connectivity index (χ1n) is 6.94. The van der Waals surface area contributed by atoms with E-state index in [2.05, 4.69) is 10.3 Å². The van der Waals surface area contributed by atoms with E-state index in [1.54, 1.807) is 13.8 Å². The lowest BCUT2D eigenvalue weighted by atomic mass is 10.0. The minimum absolute atomic E-state index is 0.0604. The Hall–Kier alpha value is -1.92. The van der Waals surface area contributed by atoms with Crippen molar-refractivity contribution in [2.24, 2.45) is 17.4 Å². The molecule has 5 N–H and O–H groups in total. The van der Waals surface area contributed by atoms with Gasteiger partial charge in [-0.3, -0.25) is 4.79 Å². The SMILES string of the molecule is CC(C)[C@@H](N)C(=O)ONC(=O)C[C@H](N)Cc1ccccc1. The molecule has 1 amide bonds. The molecule has 0 aliphatic carbocycles. The molecule has 0 saturated carbocycles. The van der Waals surface area contributed by atoms with Gasteiger partial charge in [0.25, 0.3) is 5.91 Å². The Morgan fingerprint density at radius 3 is 2.38 bits per heavy atom. The first kappa shape index (κ1) is 17.1. The lowest BCUT2D eigenvalue weighted by molar-refractivity contribution is -0.160. The van der Waals surface area contributed by atoms with E-state index in [-0.39, 0.29) is 18.4 Å². The van der Waals surface area contributed by atoms with Crippen molar-refractivity contribution in [1.29, 1.82) is 0 Å². The Balaban J connectivity index is 2.32. The topological polar surface area (TPSA) is 107 Å². The highest BCUT2D eigenvalue weighted by Crippen LogP contribution is 2.04. The smallest absolute Gasteiger partial charge is 0.339 e. The maximum Gasteiger partial charge on any atom is 0.349 e. The number of carbonyl (C=O) groups is 2. The number of hydrogen-bond acceptors (Lipinski definition) is 5. The number of rotatable bonds is 6. The van der Waals surface area contributed by atoms with Gasteiger partial charge >= 0.3 is 5.97 Å². The van der Waals surface area contributed by atoms with Crippen LogP contribution in [0.1, 0.15) is 25.8 Å². The molecule has 0 heterocycles. The summed E-state index contributed by atoms with van der Waals surface area (Å²) in [5.41, 5.74) is 14.6. The highest BCUT2D eigenvalue weighted by molar-refractivity contribution is 5.80. The zero-order valence-corrected chi connectivity index (χ0v) is 12.4. The number of nitrogens with two attached hydrogens (primary N) is 2. The van der Waals surface area contributed by atoms with Crippen molar-refractivity contribution in [2.75, 3.05) is 0 Å². The highest BCUT2D eigenvalue weighted by atomic mass is 16.7. The molecule has 6 heteroatoms. The first-order valence-corrected chi connectivity index (χ1v) is 6.94. The van der Waals surface area contributed by atoms with Crippen LogP contribution in [-0.4, -0.2) is 24.0 Å². The molecule has 0 bridgehead atoms. The number of carbonyl (C=O) groups excluding carboxylic acids is 2. The van der Waals surface area contributed by atoms with Crippen molar-refractivity contribution < 1.29 is 14.4 Å². The van der Waals surface area contributed by atoms with Gasteiger partial charge in [0, 0.05) is 12.5 Å². The molecule has 1 aromatic carbocycles. The van der Waals surface area contributed by atoms with Gasteiger partial charge in [0.2, 0.25) is 0 Å². The molecule has 0 aliphatic heterocycles. The third-order valence-corrected chi connectivity index (χ3v) is 3.04. The number of nitrogens with one attached hydrogen (secondary N) is 1. The Morgan fingerprint density at radius 1 is 1.19 bits per heavy atom. The quantitative estimate of drug-likeness (QED) is 0.662. The predicted octanol–water partition coefficient (Wildman–Crippen LogP) is 0.504. The molecule has 0 aromatic heterocycles. The highest BCUT2D eigenvalue weighted by Gasteiger charge is 2.20. The fourth-order valence-electron chi connectivity index (χ4n) is 1.72. The molecule has 6 nitrogen and oxygen atoms in total. The van der Waals surface area contributed by atoms with E-state index in [1.807, 2.05) is 30.3 Å². The largest absolute Gasteiger partial charge is 0.349 e. The summed E-state index contributed by atoms with van der Waals surface area (Å²) in [6.45, 7) is 3.59. The van der Waals surface area contributed by atoms with Crippen LogP contribution in [0.5, 0.6) is 0 Å². The van der Waals surface area contributed by atoms with Crippen LogP contribution in [0, 0.1) is 5.92 Å². The van der Waals surface area contributed by atoms with Gasteiger partial charge in [-0.25, -0.2) is 4.79 Å². The van der Waals surface area contributed by atoms with Gasteiger partial charge in [-0.15, -0.1) is 0 Å². The molecule has 21 heavy (non-hydrogen) atoms. The van der Waals surface area contributed by atoms with E-state index in [9.17, 15) is 9.59 Å². The van der Waals surface area contributed by atoms with Crippen molar-refractivity contribution in [3.05, 3.63) is 35.9 Å². The monoisotopic (exact) mass is 293 g/mol. The van der Waals surface area contributed by atoms with Crippen LogP contribution in [0.25, 0.3) is 0 Å². The van der Waals surface area contributed by atoms with E-state index in [1.165, 1.54) is 0 Å². The third-order valence-electron chi connectivity index (χ3n) is 3.04. The fraction of sp³-hybridized carbons (Fsp3) is 0.467. The summed E-state index contributed by atoms with van der Waals surface area (Å²) < 4.78 is 0. The minimum Gasteiger partial charge on any atom is -0.339 e. The summed E-state index contributed by atoms with van der Waals surface area (Å²) in [4.78, 5) is 27.8. The molecule has 0 radical (unpaired) electrons. The summed E-state index contributed by atoms with van der Waals surface area (Å²) in [6.07, 6.45) is 0.646. The van der Waals surface area contributed by atoms with E-state index < -0.39 is 17.9 Å². The van der Waals surface area contributed by atoms with Crippen molar-refractivity contribution >= 4 is 11.9 Å². The Bertz CT molecular complexity index is 462. The maximum atomic E-state index is 11.6. The average Bonchev–Trinajstić information content (AvgIpc) is 2.44. The standard InChI is InChI=1S/C15H23N3O3/c1-10(2)14(17)15(20)21-18-13(19)9-12(16)8-11-6-4-3-5-7-11/h3-7,10,12,14H,8-9,16-17H2,1-2H3,(H,18,19)/t12-,14-/m1/s1. The minimum atomic E-state index is -0.761. The maximum absolute atomic E-state index is 11.6. The van der Waals surface area contributed by atoms with Crippen LogP contribution >= 0.6 is 0 Å². The Kier molecular flexibility index (Phi) is 6.84. The van der Waals surface area contributed by atoms with Crippen LogP contribution in [-0.2, 0) is 20.8 Å².